The van der Waals surface area contributed by atoms with Crippen LogP contribution in [0.5, 0.6) is 0 Å². The average Bonchev–Trinajstić information content (AvgIpc) is 2.28. The van der Waals surface area contributed by atoms with E-state index in [0.29, 0.717) is 0 Å². The van der Waals surface area contributed by atoms with Crippen LogP contribution in [0.4, 0.5) is 4.39 Å². The number of amides is 2. The van der Waals surface area contributed by atoms with Crippen molar-refractivity contribution in [3.05, 3.63) is 35.6 Å². The van der Waals surface area contributed by atoms with E-state index in [1.54, 1.807) is 26.0 Å². The van der Waals surface area contributed by atoms with E-state index < -0.39 is 6.04 Å². The van der Waals surface area contributed by atoms with Gasteiger partial charge in [-0.05, 0) is 31.5 Å². The normalized spacial score (nSPS) is 13.6. The Morgan fingerprint density at radius 2 is 1.67 bits per heavy atom. The van der Waals surface area contributed by atoms with E-state index in [2.05, 4.69) is 10.6 Å². The summed E-state index contributed by atoms with van der Waals surface area (Å²) in [6.45, 7) is 4.76. The van der Waals surface area contributed by atoms with Gasteiger partial charge in [-0.2, -0.15) is 0 Å². The third kappa shape index (κ3) is 4.16. The fourth-order valence-corrected chi connectivity index (χ4v) is 1.54. The maximum absolute atomic E-state index is 12.7. The van der Waals surface area contributed by atoms with Gasteiger partial charge in [0, 0.05) is 6.92 Å². The van der Waals surface area contributed by atoms with Crippen LogP contribution >= 0.6 is 0 Å². The quantitative estimate of drug-likeness (QED) is 0.853. The third-order valence-electron chi connectivity index (χ3n) is 2.54. The van der Waals surface area contributed by atoms with Gasteiger partial charge >= 0.3 is 0 Å². The Labute approximate surface area is 106 Å². The molecule has 2 atom stereocenters. The van der Waals surface area contributed by atoms with Crippen LogP contribution in [0, 0.1) is 5.82 Å². The summed E-state index contributed by atoms with van der Waals surface area (Å²) in [5.74, 6) is -0.849. The van der Waals surface area contributed by atoms with Crippen molar-refractivity contribution in [2.24, 2.45) is 0 Å². The second kappa shape index (κ2) is 6.14. The molecule has 18 heavy (non-hydrogen) atoms. The number of hydrogen-bond acceptors (Lipinski definition) is 2. The van der Waals surface area contributed by atoms with Crippen LogP contribution in [-0.4, -0.2) is 17.9 Å². The van der Waals surface area contributed by atoms with E-state index >= 15 is 0 Å². The van der Waals surface area contributed by atoms with Gasteiger partial charge in [-0.25, -0.2) is 4.39 Å². The summed E-state index contributed by atoms with van der Waals surface area (Å²) in [6, 6.07) is 5.08. The van der Waals surface area contributed by atoms with Crippen LogP contribution in [0.25, 0.3) is 0 Å². The number of hydrogen-bond donors (Lipinski definition) is 2. The lowest BCUT2D eigenvalue weighted by Gasteiger charge is -2.18. The molecule has 0 fully saturated rings. The first-order valence-electron chi connectivity index (χ1n) is 5.73. The molecule has 2 amide bonds. The Morgan fingerprint density at radius 1 is 1.11 bits per heavy atom. The van der Waals surface area contributed by atoms with E-state index in [1.807, 2.05) is 0 Å². The minimum Gasteiger partial charge on any atom is -0.348 e. The maximum atomic E-state index is 12.7. The summed E-state index contributed by atoms with van der Waals surface area (Å²) in [5, 5.41) is 5.24. The number of nitrogens with one attached hydrogen (secondary N) is 2. The van der Waals surface area contributed by atoms with Crippen molar-refractivity contribution < 1.29 is 14.0 Å². The van der Waals surface area contributed by atoms with Crippen LogP contribution in [0.3, 0.4) is 0 Å². The number of carbonyl (C=O) groups is 2. The summed E-state index contributed by atoms with van der Waals surface area (Å²) in [5.41, 5.74) is 0.805. The molecular formula is C13H17FN2O2. The number of rotatable bonds is 4. The fraction of sp³-hybridized carbons (Fsp3) is 0.385. The first-order chi connectivity index (χ1) is 8.40. The molecule has 0 aliphatic heterocycles. The van der Waals surface area contributed by atoms with Gasteiger partial charge in [0.1, 0.15) is 11.9 Å². The first-order valence-corrected chi connectivity index (χ1v) is 5.73. The highest BCUT2D eigenvalue weighted by molar-refractivity contribution is 5.86. The van der Waals surface area contributed by atoms with Crippen LogP contribution < -0.4 is 10.6 Å². The molecule has 98 valence electrons. The second-order valence-corrected chi connectivity index (χ2v) is 4.20. The van der Waals surface area contributed by atoms with Gasteiger partial charge in [0.15, 0.2) is 0 Å². The van der Waals surface area contributed by atoms with E-state index in [0.717, 1.165) is 5.56 Å². The van der Waals surface area contributed by atoms with E-state index in [9.17, 15) is 14.0 Å². The molecule has 1 aromatic carbocycles. The molecule has 0 spiro atoms. The van der Waals surface area contributed by atoms with Gasteiger partial charge in [-0.1, -0.05) is 12.1 Å². The van der Waals surface area contributed by atoms with Gasteiger partial charge in [-0.3, -0.25) is 9.59 Å². The largest absolute Gasteiger partial charge is 0.348 e. The molecule has 0 unspecified atom stereocenters. The number of carbonyl (C=O) groups excluding carboxylic acids is 2. The van der Waals surface area contributed by atoms with Crippen LogP contribution in [0.15, 0.2) is 24.3 Å². The zero-order valence-electron chi connectivity index (χ0n) is 10.7. The molecule has 0 radical (unpaired) electrons. The van der Waals surface area contributed by atoms with Crippen molar-refractivity contribution in [1.82, 2.24) is 10.6 Å². The molecule has 1 rings (SSSR count). The van der Waals surface area contributed by atoms with Crippen LogP contribution in [0.2, 0.25) is 0 Å². The van der Waals surface area contributed by atoms with Gasteiger partial charge < -0.3 is 10.6 Å². The van der Waals surface area contributed by atoms with E-state index in [1.165, 1.54) is 19.1 Å². The standard InChI is InChI=1S/C13H17FN2O2/c1-8(11-4-6-12(14)7-5-11)16-13(18)9(2)15-10(3)17/h4-9H,1-3H3,(H,15,17)(H,16,18)/t8-,9+/m0/s1. The Morgan fingerprint density at radius 3 is 2.17 bits per heavy atom. The predicted octanol–water partition coefficient (Wildman–Crippen LogP) is 1.53. The van der Waals surface area contributed by atoms with Crippen molar-refractivity contribution in [1.29, 1.82) is 0 Å². The smallest absolute Gasteiger partial charge is 0.242 e. The highest BCUT2D eigenvalue weighted by Gasteiger charge is 2.16. The first kappa shape index (κ1) is 14.2. The van der Waals surface area contributed by atoms with E-state index in [4.69, 9.17) is 0 Å². The monoisotopic (exact) mass is 252 g/mol. The summed E-state index contributed by atoms with van der Waals surface area (Å²) in [7, 11) is 0. The zero-order chi connectivity index (χ0) is 13.7. The van der Waals surface area contributed by atoms with Gasteiger partial charge in [0.25, 0.3) is 0 Å². The number of halogens is 1. The van der Waals surface area contributed by atoms with Gasteiger partial charge in [-0.15, -0.1) is 0 Å². The topological polar surface area (TPSA) is 58.2 Å². The van der Waals surface area contributed by atoms with Crippen LogP contribution in [0.1, 0.15) is 32.4 Å². The Hall–Kier alpha value is -1.91. The average molecular weight is 252 g/mol. The highest BCUT2D eigenvalue weighted by Crippen LogP contribution is 2.12. The Balaban J connectivity index is 2.59. The summed E-state index contributed by atoms with van der Waals surface area (Å²) < 4.78 is 12.7. The Bertz CT molecular complexity index is 431. The molecule has 0 aliphatic rings. The summed E-state index contributed by atoms with van der Waals surface area (Å²) in [4.78, 5) is 22.5. The minimum absolute atomic E-state index is 0.241. The van der Waals surface area contributed by atoms with Gasteiger partial charge in [0.2, 0.25) is 11.8 Å². The van der Waals surface area contributed by atoms with Crippen LogP contribution in [-0.2, 0) is 9.59 Å². The lowest BCUT2D eigenvalue weighted by molar-refractivity contribution is -0.128. The lowest BCUT2D eigenvalue weighted by Crippen LogP contribution is -2.44. The predicted molar refractivity (Wildman–Crippen MR) is 66.2 cm³/mol. The zero-order valence-corrected chi connectivity index (χ0v) is 10.7. The summed E-state index contributed by atoms with van der Waals surface area (Å²) in [6.07, 6.45) is 0. The molecule has 2 N–H and O–H groups in total. The van der Waals surface area contributed by atoms with Crippen molar-refractivity contribution in [3.8, 4) is 0 Å². The molecular weight excluding hydrogens is 235 g/mol. The maximum Gasteiger partial charge on any atom is 0.242 e. The molecule has 0 bridgehead atoms. The SMILES string of the molecule is CC(=O)N[C@H](C)C(=O)N[C@@H](C)c1ccc(F)cc1. The van der Waals surface area contributed by atoms with Crippen molar-refractivity contribution >= 4 is 11.8 Å². The molecule has 0 aromatic heterocycles. The van der Waals surface area contributed by atoms with Crippen molar-refractivity contribution in [2.45, 2.75) is 32.9 Å². The molecule has 0 saturated carbocycles. The number of benzene rings is 1. The Kier molecular flexibility index (Phi) is 4.83. The molecule has 4 nitrogen and oxygen atoms in total. The highest BCUT2D eigenvalue weighted by atomic mass is 19.1. The lowest BCUT2D eigenvalue weighted by atomic mass is 10.1. The molecule has 0 aliphatic carbocycles. The second-order valence-electron chi connectivity index (χ2n) is 4.20. The summed E-state index contributed by atoms with van der Waals surface area (Å²) >= 11 is 0. The third-order valence-corrected chi connectivity index (χ3v) is 2.54. The van der Waals surface area contributed by atoms with Gasteiger partial charge in [0.05, 0.1) is 6.04 Å². The van der Waals surface area contributed by atoms with Crippen molar-refractivity contribution in [2.75, 3.05) is 0 Å². The molecule has 1 aromatic rings. The molecule has 0 saturated heterocycles. The molecule has 0 heterocycles. The van der Waals surface area contributed by atoms with Crippen molar-refractivity contribution in [3.63, 3.8) is 0 Å². The minimum atomic E-state index is -0.592. The fourth-order valence-electron chi connectivity index (χ4n) is 1.54. The van der Waals surface area contributed by atoms with E-state index in [-0.39, 0.29) is 23.7 Å². The molecule has 5 heteroatoms.